The number of hydrogen-bond acceptors (Lipinski definition) is 1. The summed E-state index contributed by atoms with van der Waals surface area (Å²) in [7, 11) is 0. The average Bonchev–Trinajstić information content (AvgIpc) is 2.19. The molecule has 2 nitrogen and oxygen atoms in total. The number of alkyl halides is 3. The van der Waals surface area contributed by atoms with Gasteiger partial charge >= 0.3 is 12.2 Å². The molecule has 1 aromatic carbocycles. The molecule has 1 rings (SSSR count). The molecular weight excluding hydrogens is 205 g/mol. The van der Waals surface area contributed by atoms with Gasteiger partial charge in [0.05, 0.1) is 11.1 Å². The summed E-state index contributed by atoms with van der Waals surface area (Å²) < 4.78 is 37.4. The minimum atomic E-state index is -4.53. The maximum absolute atomic E-state index is 12.5. The molecule has 76 valence electrons. The van der Waals surface area contributed by atoms with Crippen LogP contribution in [0, 0.1) is 17.9 Å². The molecule has 0 saturated carbocycles. The third-order valence-electron chi connectivity index (χ3n) is 1.81. The van der Waals surface area contributed by atoms with Crippen molar-refractivity contribution in [3.8, 4) is 6.07 Å². The Labute approximate surface area is 84.4 Å². The van der Waals surface area contributed by atoms with Gasteiger partial charge in [-0.2, -0.15) is 18.4 Å². The van der Waals surface area contributed by atoms with Crippen molar-refractivity contribution in [1.82, 2.24) is 0 Å². The predicted octanol–water partition coefficient (Wildman–Crippen LogP) is 3.19. The van der Waals surface area contributed by atoms with Crippen molar-refractivity contribution in [2.75, 3.05) is 0 Å². The summed E-state index contributed by atoms with van der Waals surface area (Å²) in [5, 5.41) is 8.54. The molecule has 0 spiro atoms. The highest BCUT2D eigenvalue weighted by Gasteiger charge is 2.36. The zero-order valence-electron chi connectivity index (χ0n) is 7.42. The maximum Gasteiger partial charge on any atom is 0.417 e. The number of nitrogens with zero attached hydrogens (tertiary/aromatic N) is 2. The van der Waals surface area contributed by atoms with Gasteiger partial charge in [0.15, 0.2) is 6.07 Å². The van der Waals surface area contributed by atoms with Crippen LogP contribution in [0.2, 0.25) is 0 Å². The standard InChI is InChI=1S/C10H5F3N2/c1-15-9(6-14)7-4-2-3-5-8(7)10(11,12)13/h2-5,9H. The number of rotatable bonds is 1. The monoisotopic (exact) mass is 210 g/mol. The number of benzene rings is 1. The molecule has 0 heterocycles. The van der Waals surface area contributed by atoms with Crippen molar-refractivity contribution in [2.45, 2.75) is 12.2 Å². The van der Waals surface area contributed by atoms with Gasteiger partial charge in [-0.15, -0.1) is 0 Å². The van der Waals surface area contributed by atoms with Crippen molar-refractivity contribution in [1.29, 1.82) is 5.26 Å². The summed E-state index contributed by atoms with van der Waals surface area (Å²) in [5.41, 5.74) is -1.21. The summed E-state index contributed by atoms with van der Waals surface area (Å²) in [6, 6.07) is 4.74. The first-order valence-corrected chi connectivity index (χ1v) is 3.93. The van der Waals surface area contributed by atoms with E-state index in [4.69, 9.17) is 11.8 Å². The Morgan fingerprint density at radius 2 is 1.93 bits per heavy atom. The first-order valence-electron chi connectivity index (χ1n) is 3.93. The smallest absolute Gasteiger partial charge is 0.292 e. The zero-order valence-corrected chi connectivity index (χ0v) is 7.42. The second-order valence-electron chi connectivity index (χ2n) is 2.75. The van der Waals surface area contributed by atoms with Crippen LogP contribution < -0.4 is 0 Å². The highest BCUT2D eigenvalue weighted by Crippen LogP contribution is 2.35. The molecule has 1 aromatic rings. The molecule has 1 atom stereocenters. The van der Waals surface area contributed by atoms with E-state index in [0.29, 0.717) is 0 Å². The molecule has 0 bridgehead atoms. The summed E-state index contributed by atoms with van der Waals surface area (Å²) in [5.74, 6) is 0. The van der Waals surface area contributed by atoms with E-state index in [2.05, 4.69) is 4.85 Å². The lowest BCUT2D eigenvalue weighted by Gasteiger charge is -2.10. The van der Waals surface area contributed by atoms with Crippen molar-refractivity contribution in [3.05, 3.63) is 46.8 Å². The second-order valence-corrected chi connectivity index (χ2v) is 2.75. The molecule has 5 heteroatoms. The minimum Gasteiger partial charge on any atom is -0.292 e. The van der Waals surface area contributed by atoms with Crippen LogP contribution in [0.1, 0.15) is 17.2 Å². The van der Waals surface area contributed by atoms with E-state index in [1.54, 1.807) is 0 Å². The van der Waals surface area contributed by atoms with E-state index >= 15 is 0 Å². The molecule has 15 heavy (non-hydrogen) atoms. The lowest BCUT2D eigenvalue weighted by atomic mass is 10.0. The number of hydrogen-bond donors (Lipinski definition) is 0. The Bertz CT molecular complexity index is 423. The Kier molecular flexibility index (Phi) is 2.96. The van der Waals surface area contributed by atoms with Gasteiger partial charge < -0.3 is 0 Å². The fourth-order valence-corrected chi connectivity index (χ4v) is 1.16. The van der Waals surface area contributed by atoms with Gasteiger partial charge in [-0.1, -0.05) is 12.1 Å². The fraction of sp³-hybridized carbons (Fsp3) is 0.200. The van der Waals surface area contributed by atoms with Crippen molar-refractivity contribution >= 4 is 0 Å². The van der Waals surface area contributed by atoms with Crippen LogP contribution in [0.25, 0.3) is 4.85 Å². The third-order valence-corrected chi connectivity index (χ3v) is 1.81. The normalized spacial score (nSPS) is 12.6. The molecule has 0 fully saturated rings. The average molecular weight is 210 g/mol. The van der Waals surface area contributed by atoms with Gasteiger partial charge in [0.2, 0.25) is 0 Å². The molecule has 0 amide bonds. The molecular formula is C10H5F3N2. The van der Waals surface area contributed by atoms with Crippen LogP contribution in [0.15, 0.2) is 24.3 Å². The van der Waals surface area contributed by atoms with Crippen LogP contribution in [-0.2, 0) is 6.18 Å². The first kappa shape index (κ1) is 11.1. The van der Waals surface area contributed by atoms with Gasteiger partial charge in [0.25, 0.3) is 0 Å². The molecule has 1 unspecified atom stereocenters. The van der Waals surface area contributed by atoms with Crippen LogP contribution in [0.5, 0.6) is 0 Å². The molecule has 0 aliphatic rings. The SMILES string of the molecule is [C-]#[N+]C(C#N)c1ccccc1C(F)(F)F. The topological polar surface area (TPSA) is 28.1 Å². The summed E-state index contributed by atoms with van der Waals surface area (Å²) >= 11 is 0. The lowest BCUT2D eigenvalue weighted by molar-refractivity contribution is -0.138. The Balaban J connectivity index is 3.32. The van der Waals surface area contributed by atoms with Crippen molar-refractivity contribution < 1.29 is 13.2 Å². The first-order chi connectivity index (χ1) is 7.00. The third kappa shape index (κ3) is 2.26. The molecule has 0 aliphatic heterocycles. The Morgan fingerprint density at radius 1 is 1.33 bits per heavy atom. The van der Waals surface area contributed by atoms with Gasteiger partial charge in [-0.3, -0.25) is 4.85 Å². The van der Waals surface area contributed by atoms with Crippen LogP contribution in [-0.4, -0.2) is 0 Å². The van der Waals surface area contributed by atoms with E-state index in [-0.39, 0.29) is 5.56 Å². The zero-order chi connectivity index (χ0) is 11.5. The number of nitriles is 1. The molecule has 0 N–H and O–H groups in total. The van der Waals surface area contributed by atoms with Crippen molar-refractivity contribution in [3.63, 3.8) is 0 Å². The minimum absolute atomic E-state index is 0.289. The van der Waals surface area contributed by atoms with E-state index in [1.807, 2.05) is 0 Å². The fourth-order valence-electron chi connectivity index (χ4n) is 1.16. The van der Waals surface area contributed by atoms with Gasteiger partial charge in [0.1, 0.15) is 0 Å². The van der Waals surface area contributed by atoms with Crippen LogP contribution >= 0.6 is 0 Å². The van der Waals surface area contributed by atoms with Gasteiger partial charge in [0, 0.05) is 0 Å². The van der Waals surface area contributed by atoms with E-state index in [9.17, 15) is 13.2 Å². The lowest BCUT2D eigenvalue weighted by Crippen LogP contribution is -2.10. The molecule has 0 aliphatic carbocycles. The molecule has 0 aromatic heterocycles. The highest BCUT2D eigenvalue weighted by atomic mass is 19.4. The maximum atomic E-state index is 12.5. The van der Waals surface area contributed by atoms with E-state index in [0.717, 1.165) is 12.1 Å². The largest absolute Gasteiger partial charge is 0.417 e. The van der Waals surface area contributed by atoms with Crippen LogP contribution in [0.3, 0.4) is 0 Å². The quantitative estimate of drug-likeness (QED) is 0.654. The Hall–Kier alpha value is -2.01. The molecule has 0 saturated heterocycles. The number of halogens is 3. The highest BCUT2D eigenvalue weighted by molar-refractivity contribution is 5.37. The van der Waals surface area contributed by atoms with E-state index < -0.39 is 17.8 Å². The van der Waals surface area contributed by atoms with Gasteiger partial charge in [-0.05, 0) is 12.1 Å². The molecule has 0 radical (unpaired) electrons. The second kappa shape index (κ2) is 4.02. The summed E-state index contributed by atoms with van der Waals surface area (Å²) in [4.78, 5) is 2.84. The summed E-state index contributed by atoms with van der Waals surface area (Å²) in [6.07, 6.45) is -4.53. The van der Waals surface area contributed by atoms with Crippen LogP contribution in [0.4, 0.5) is 13.2 Å². The van der Waals surface area contributed by atoms with E-state index in [1.165, 1.54) is 18.2 Å². The predicted molar refractivity (Wildman–Crippen MR) is 46.4 cm³/mol. The Morgan fingerprint density at radius 3 is 2.40 bits per heavy atom. The van der Waals surface area contributed by atoms with Crippen molar-refractivity contribution in [2.24, 2.45) is 0 Å². The summed E-state index contributed by atoms with van der Waals surface area (Å²) in [6.45, 7) is 6.63. The van der Waals surface area contributed by atoms with Gasteiger partial charge in [-0.25, -0.2) is 6.57 Å².